The first-order valence-corrected chi connectivity index (χ1v) is 7.31. The number of hydrogen-bond acceptors (Lipinski definition) is 1. The molecule has 114 valence electrons. The summed E-state index contributed by atoms with van der Waals surface area (Å²) < 4.78 is 15.2. The standard InChI is InChI=1S/C19H21FN2/c1-13-10-15(11-16(12-21)19(3,4)5)14(2)22(13)18-8-6-17(20)7-9-18/h6-11H,1-5H3/b16-11-. The highest BCUT2D eigenvalue weighted by molar-refractivity contribution is 5.62. The highest BCUT2D eigenvalue weighted by Gasteiger charge is 2.18. The molecular formula is C19H21FN2. The van der Waals surface area contributed by atoms with Gasteiger partial charge >= 0.3 is 0 Å². The number of nitriles is 1. The second-order valence-corrected chi connectivity index (χ2v) is 6.56. The Hall–Kier alpha value is -2.34. The average Bonchev–Trinajstić information content (AvgIpc) is 2.71. The Labute approximate surface area is 131 Å². The molecule has 0 saturated heterocycles. The Bertz CT molecular complexity index is 750. The van der Waals surface area contributed by atoms with Gasteiger partial charge < -0.3 is 4.57 Å². The number of rotatable bonds is 2. The van der Waals surface area contributed by atoms with Crippen molar-refractivity contribution in [2.24, 2.45) is 5.41 Å². The van der Waals surface area contributed by atoms with Crippen LogP contribution in [0.3, 0.4) is 0 Å². The first-order chi connectivity index (χ1) is 10.2. The molecule has 0 bridgehead atoms. The molecule has 0 atom stereocenters. The van der Waals surface area contributed by atoms with E-state index >= 15 is 0 Å². The maximum atomic E-state index is 13.1. The second kappa shape index (κ2) is 5.81. The third-order valence-electron chi connectivity index (χ3n) is 3.78. The van der Waals surface area contributed by atoms with Crippen LogP contribution < -0.4 is 0 Å². The summed E-state index contributed by atoms with van der Waals surface area (Å²) in [5.74, 6) is -0.245. The summed E-state index contributed by atoms with van der Waals surface area (Å²) in [5, 5.41) is 9.37. The van der Waals surface area contributed by atoms with Gasteiger partial charge in [0.1, 0.15) is 5.82 Å². The van der Waals surface area contributed by atoms with Gasteiger partial charge in [-0.2, -0.15) is 5.26 Å². The van der Waals surface area contributed by atoms with Crippen molar-refractivity contribution in [2.45, 2.75) is 34.6 Å². The first kappa shape index (κ1) is 16.0. The number of allylic oxidation sites excluding steroid dienone is 1. The lowest BCUT2D eigenvalue weighted by molar-refractivity contribution is 0.523. The van der Waals surface area contributed by atoms with Crippen LogP contribution in [0.2, 0.25) is 0 Å². The summed E-state index contributed by atoms with van der Waals surface area (Å²) in [6, 6.07) is 10.8. The Morgan fingerprint density at radius 2 is 1.77 bits per heavy atom. The quantitative estimate of drug-likeness (QED) is 0.701. The third kappa shape index (κ3) is 3.12. The van der Waals surface area contributed by atoms with Crippen molar-refractivity contribution in [3.8, 4) is 11.8 Å². The first-order valence-electron chi connectivity index (χ1n) is 7.31. The van der Waals surface area contributed by atoms with E-state index in [1.807, 2.05) is 40.7 Å². The van der Waals surface area contributed by atoms with E-state index < -0.39 is 0 Å². The minimum atomic E-state index is -0.245. The van der Waals surface area contributed by atoms with E-state index in [1.54, 1.807) is 12.1 Å². The Kier molecular flexibility index (Phi) is 4.23. The average molecular weight is 296 g/mol. The molecule has 0 aliphatic heterocycles. The molecule has 0 saturated carbocycles. The molecule has 0 aliphatic rings. The van der Waals surface area contributed by atoms with Crippen molar-refractivity contribution in [3.05, 3.63) is 58.7 Å². The molecule has 2 aromatic rings. The van der Waals surface area contributed by atoms with Gasteiger partial charge in [0.05, 0.1) is 6.07 Å². The number of nitrogens with zero attached hydrogens (tertiary/aromatic N) is 2. The van der Waals surface area contributed by atoms with Crippen LogP contribution in [0.1, 0.15) is 37.7 Å². The van der Waals surface area contributed by atoms with Gasteiger partial charge in [-0.1, -0.05) is 20.8 Å². The molecule has 0 aliphatic carbocycles. The van der Waals surface area contributed by atoms with Crippen LogP contribution in [0.15, 0.2) is 35.9 Å². The molecule has 0 fully saturated rings. The lowest BCUT2D eigenvalue weighted by Gasteiger charge is -2.17. The molecule has 1 aromatic heterocycles. The van der Waals surface area contributed by atoms with Crippen molar-refractivity contribution in [3.63, 3.8) is 0 Å². The van der Waals surface area contributed by atoms with E-state index in [2.05, 4.69) is 16.7 Å². The Morgan fingerprint density at radius 3 is 2.27 bits per heavy atom. The van der Waals surface area contributed by atoms with Gasteiger partial charge in [0, 0.05) is 22.6 Å². The van der Waals surface area contributed by atoms with Gasteiger partial charge in [-0.05, 0) is 61.2 Å². The molecule has 0 amide bonds. The van der Waals surface area contributed by atoms with Crippen molar-refractivity contribution in [1.29, 1.82) is 5.26 Å². The fourth-order valence-electron chi connectivity index (χ4n) is 2.49. The Morgan fingerprint density at radius 1 is 1.18 bits per heavy atom. The van der Waals surface area contributed by atoms with Gasteiger partial charge in [-0.3, -0.25) is 0 Å². The molecule has 2 nitrogen and oxygen atoms in total. The smallest absolute Gasteiger partial charge is 0.123 e. The van der Waals surface area contributed by atoms with Gasteiger partial charge in [0.25, 0.3) is 0 Å². The highest BCUT2D eigenvalue weighted by atomic mass is 19.1. The maximum absolute atomic E-state index is 13.1. The molecule has 1 aromatic carbocycles. The van der Waals surface area contributed by atoms with Crippen LogP contribution in [0.4, 0.5) is 4.39 Å². The van der Waals surface area contributed by atoms with Crippen LogP contribution >= 0.6 is 0 Å². The zero-order chi connectivity index (χ0) is 16.5. The fourth-order valence-corrected chi connectivity index (χ4v) is 2.49. The summed E-state index contributed by atoms with van der Waals surface area (Å²) in [6.07, 6.45) is 1.95. The summed E-state index contributed by atoms with van der Waals surface area (Å²) in [5.41, 5.74) is 4.60. The Balaban J connectivity index is 2.55. The van der Waals surface area contributed by atoms with Crippen LogP contribution in [-0.2, 0) is 0 Å². The largest absolute Gasteiger partial charge is 0.318 e. The molecule has 0 radical (unpaired) electrons. The minimum absolute atomic E-state index is 0.187. The van der Waals surface area contributed by atoms with Crippen LogP contribution in [0, 0.1) is 36.4 Å². The normalized spacial score (nSPS) is 12.3. The van der Waals surface area contributed by atoms with E-state index in [0.29, 0.717) is 0 Å². The summed E-state index contributed by atoms with van der Waals surface area (Å²) in [7, 11) is 0. The van der Waals surface area contributed by atoms with E-state index in [-0.39, 0.29) is 11.2 Å². The zero-order valence-corrected chi connectivity index (χ0v) is 13.7. The maximum Gasteiger partial charge on any atom is 0.123 e. The number of hydrogen-bond donors (Lipinski definition) is 0. The number of benzene rings is 1. The molecule has 0 N–H and O–H groups in total. The van der Waals surface area contributed by atoms with Gasteiger partial charge in [0.15, 0.2) is 0 Å². The SMILES string of the molecule is Cc1cc(/C=C(/C#N)C(C)(C)C)c(C)n1-c1ccc(F)cc1. The third-order valence-corrected chi connectivity index (χ3v) is 3.78. The molecule has 2 rings (SSSR count). The topological polar surface area (TPSA) is 28.7 Å². The van der Waals surface area contributed by atoms with Crippen molar-refractivity contribution in [2.75, 3.05) is 0 Å². The molecule has 3 heteroatoms. The predicted octanol–water partition coefficient (Wildman–Crippen LogP) is 5.19. The summed E-state index contributed by atoms with van der Waals surface area (Å²) >= 11 is 0. The minimum Gasteiger partial charge on any atom is -0.318 e. The van der Waals surface area contributed by atoms with Crippen molar-refractivity contribution >= 4 is 6.08 Å². The zero-order valence-electron chi connectivity index (χ0n) is 13.7. The number of halogens is 1. The van der Waals surface area contributed by atoms with Crippen LogP contribution in [0.25, 0.3) is 11.8 Å². The van der Waals surface area contributed by atoms with E-state index in [0.717, 1.165) is 28.2 Å². The van der Waals surface area contributed by atoms with Crippen molar-refractivity contribution in [1.82, 2.24) is 4.57 Å². The van der Waals surface area contributed by atoms with Crippen molar-refractivity contribution < 1.29 is 4.39 Å². The molecular weight excluding hydrogens is 275 g/mol. The van der Waals surface area contributed by atoms with Crippen LogP contribution in [-0.4, -0.2) is 4.57 Å². The summed E-state index contributed by atoms with van der Waals surface area (Å²) in [4.78, 5) is 0. The predicted molar refractivity (Wildman–Crippen MR) is 88.2 cm³/mol. The monoisotopic (exact) mass is 296 g/mol. The van der Waals surface area contributed by atoms with Crippen LogP contribution in [0.5, 0.6) is 0 Å². The lowest BCUT2D eigenvalue weighted by atomic mass is 9.86. The molecule has 1 heterocycles. The fraction of sp³-hybridized carbons (Fsp3) is 0.316. The lowest BCUT2D eigenvalue weighted by Crippen LogP contribution is -2.07. The van der Waals surface area contributed by atoms with Gasteiger partial charge in [0.2, 0.25) is 0 Å². The second-order valence-electron chi connectivity index (χ2n) is 6.56. The molecule has 0 unspecified atom stereocenters. The van der Waals surface area contributed by atoms with E-state index in [4.69, 9.17) is 0 Å². The van der Waals surface area contributed by atoms with E-state index in [1.165, 1.54) is 12.1 Å². The molecule has 0 spiro atoms. The van der Waals surface area contributed by atoms with Gasteiger partial charge in [-0.25, -0.2) is 4.39 Å². The highest BCUT2D eigenvalue weighted by Crippen LogP contribution is 2.29. The van der Waals surface area contributed by atoms with E-state index in [9.17, 15) is 9.65 Å². The number of aryl methyl sites for hydroxylation is 1. The molecule has 22 heavy (non-hydrogen) atoms. The number of aromatic nitrogens is 1. The summed E-state index contributed by atoms with van der Waals surface area (Å²) in [6.45, 7) is 10.1. The van der Waals surface area contributed by atoms with Gasteiger partial charge in [-0.15, -0.1) is 0 Å².